The van der Waals surface area contributed by atoms with Crippen LogP contribution >= 0.6 is 0 Å². The molecule has 5 nitrogen and oxygen atoms in total. The summed E-state index contributed by atoms with van der Waals surface area (Å²) in [5, 5.41) is 4.62. The largest absolute Gasteiger partial charge is 0.497 e. The number of carbonyl (C=O) groups is 1. The van der Waals surface area contributed by atoms with Crippen LogP contribution in [0.5, 0.6) is 11.5 Å². The van der Waals surface area contributed by atoms with Gasteiger partial charge < -0.3 is 14.2 Å². The van der Waals surface area contributed by atoms with Crippen molar-refractivity contribution < 1.29 is 19.0 Å². The molecule has 0 atom stereocenters. The normalized spacial score (nSPS) is 11.1. The number of amides is 1. The van der Waals surface area contributed by atoms with E-state index >= 15 is 0 Å². The molecule has 3 aromatic rings. The number of rotatable bonds is 5. The number of anilines is 1. The smallest absolute Gasteiger partial charge is 0.412 e. The third kappa shape index (κ3) is 5.16. The monoisotopic (exact) mass is 379 g/mol. The van der Waals surface area contributed by atoms with Gasteiger partial charge in [-0.15, -0.1) is 0 Å². The Hall–Kier alpha value is -3.21. The van der Waals surface area contributed by atoms with Crippen LogP contribution in [0.4, 0.5) is 10.5 Å². The maximum atomic E-state index is 12.2. The molecule has 0 fully saturated rings. The van der Waals surface area contributed by atoms with E-state index in [2.05, 4.69) is 5.32 Å². The summed E-state index contributed by atoms with van der Waals surface area (Å²) in [6.07, 6.45) is -0.510. The second-order valence-corrected chi connectivity index (χ2v) is 7.46. The van der Waals surface area contributed by atoms with Gasteiger partial charge in [0, 0.05) is 17.1 Å². The molecule has 0 aliphatic carbocycles. The summed E-state index contributed by atoms with van der Waals surface area (Å²) in [5.41, 5.74) is 1.09. The minimum atomic E-state index is -0.573. The molecule has 28 heavy (non-hydrogen) atoms. The van der Waals surface area contributed by atoms with Gasteiger partial charge in [0.05, 0.1) is 7.11 Å². The highest BCUT2D eigenvalue weighted by Gasteiger charge is 2.17. The zero-order chi connectivity index (χ0) is 20.1. The van der Waals surface area contributed by atoms with Gasteiger partial charge in [-0.2, -0.15) is 0 Å². The third-order valence-electron chi connectivity index (χ3n) is 4.00. The highest BCUT2D eigenvalue weighted by Crippen LogP contribution is 2.33. The van der Waals surface area contributed by atoms with Gasteiger partial charge in [0.25, 0.3) is 0 Å². The van der Waals surface area contributed by atoms with E-state index in [1.165, 1.54) is 0 Å². The van der Waals surface area contributed by atoms with Crippen molar-refractivity contribution in [2.75, 3.05) is 12.4 Å². The molecule has 0 saturated heterocycles. The molecule has 0 bridgehead atoms. The molecule has 3 rings (SSSR count). The minimum Gasteiger partial charge on any atom is -0.497 e. The van der Waals surface area contributed by atoms with Crippen LogP contribution in [0.25, 0.3) is 10.8 Å². The van der Waals surface area contributed by atoms with E-state index < -0.39 is 11.7 Å². The van der Waals surface area contributed by atoms with Crippen LogP contribution in [0.1, 0.15) is 26.3 Å². The Balaban J connectivity index is 1.91. The van der Waals surface area contributed by atoms with Gasteiger partial charge in [-0.1, -0.05) is 30.3 Å². The van der Waals surface area contributed by atoms with Crippen molar-refractivity contribution in [3.05, 3.63) is 66.2 Å². The highest BCUT2D eigenvalue weighted by molar-refractivity contribution is 5.95. The molecule has 146 valence electrons. The molecule has 1 amide bonds. The van der Waals surface area contributed by atoms with Gasteiger partial charge >= 0.3 is 6.09 Å². The lowest BCUT2D eigenvalue weighted by atomic mass is 10.1. The first-order chi connectivity index (χ1) is 13.3. The summed E-state index contributed by atoms with van der Waals surface area (Å²) in [6, 6.07) is 19.4. The average molecular weight is 379 g/mol. The molecule has 0 aromatic heterocycles. The van der Waals surface area contributed by atoms with Crippen molar-refractivity contribution in [1.29, 1.82) is 0 Å². The van der Waals surface area contributed by atoms with E-state index in [4.69, 9.17) is 14.2 Å². The van der Waals surface area contributed by atoms with E-state index in [0.717, 1.165) is 22.1 Å². The van der Waals surface area contributed by atoms with E-state index in [9.17, 15) is 4.79 Å². The van der Waals surface area contributed by atoms with Crippen LogP contribution in [-0.2, 0) is 11.3 Å². The Kier molecular flexibility index (Phi) is 5.73. The molecule has 0 aliphatic rings. The Labute approximate surface area is 165 Å². The molecule has 0 saturated carbocycles. The lowest BCUT2D eigenvalue weighted by Gasteiger charge is -2.20. The fourth-order valence-corrected chi connectivity index (χ4v) is 2.79. The Bertz CT molecular complexity index is 961. The van der Waals surface area contributed by atoms with Gasteiger partial charge in [0.2, 0.25) is 0 Å². The summed E-state index contributed by atoms with van der Waals surface area (Å²) in [4.78, 5) is 12.2. The Morgan fingerprint density at radius 1 is 1.00 bits per heavy atom. The van der Waals surface area contributed by atoms with Gasteiger partial charge in [0.15, 0.2) is 0 Å². The second-order valence-electron chi connectivity index (χ2n) is 7.46. The van der Waals surface area contributed by atoms with Crippen molar-refractivity contribution in [3.8, 4) is 11.5 Å². The van der Waals surface area contributed by atoms with E-state index in [1.54, 1.807) is 7.11 Å². The summed E-state index contributed by atoms with van der Waals surface area (Å²) in [5.74, 6) is 1.41. The first-order valence-corrected chi connectivity index (χ1v) is 9.12. The van der Waals surface area contributed by atoms with Crippen LogP contribution < -0.4 is 14.8 Å². The number of ether oxygens (including phenoxy) is 3. The van der Waals surface area contributed by atoms with Crippen LogP contribution in [-0.4, -0.2) is 18.8 Å². The molecule has 1 N–H and O–H groups in total. The van der Waals surface area contributed by atoms with Crippen molar-refractivity contribution in [2.45, 2.75) is 33.0 Å². The van der Waals surface area contributed by atoms with Crippen molar-refractivity contribution in [3.63, 3.8) is 0 Å². The second kappa shape index (κ2) is 8.21. The summed E-state index contributed by atoms with van der Waals surface area (Å²) in [7, 11) is 1.62. The summed E-state index contributed by atoms with van der Waals surface area (Å²) < 4.78 is 16.7. The zero-order valence-electron chi connectivity index (χ0n) is 16.6. The number of carbonyl (C=O) groups excluding carboxylic acids is 1. The predicted octanol–water partition coefficient (Wildman–Crippen LogP) is 5.77. The lowest BCUT2D eigenvalue weighted by Crippen LogP contribution is -2.27. The molecule has 0 radical (unpaired) electrons. The fraction of sp³-hybridized carbons (Fsp3) is 0.261. The Morgan fingerprint density at radius 2 is 1.75 bits per heavy atom. The molecule has 0 aliphatic heterocycles. The summed E-state index contributed by atoms with van der Waals surface area (Å²) >= 11 is 0. The number of hydrogen-bond donors (Lipinski definition) is 1. The van der Waals surface area contributed by atoms with E-state index in [-0.39, 0.29) is 0 Å². The number of methoxy groups -OCH3 is 1. The summed E-state index contributed by atoms with van der Waals surface area (Å²) in [6.45, 7) is 5.91. The van der Waals surface area contributed by atoms with Crippen molar-refractivity contribution in [1.82, 2.24) is 0 Å². The van der Waals surface area contributed by atoms with Gasteiger partial charge in [-0.3, -0.25) is 5.32 Å². The molecular formula is C23H25NO4. The molecule has 0 unspecified atom stereocenters. The van der Waals surface area contributed by atoms with Gasteiger partial charge in [-0.05, 0) is 56.0 Å². The maximum Gasteiger partial charge on any atom is 0.412 e. The molecule has 0 heterocycles. The van der Waals surface area contributed by atoms with Gasteiger partial charge in [0.1, 0.15) is 23.7 Å². The number of fused-ring (bicyclic) bond motifs is 1. The standard InChI is InChI=1S/C23H25NO4/c1-23(2,3)28-22(25)24-18-12-17-13-19(26-4)10-11-20(17)21(14-18)27-15-16-8-6-5-7-9-16/h5-14H,15H2,1-4H3,(H,24,25). The number of hydrogen-bond acceptors (Lipinski definition) is 4. The van der Waals surface area contributed by atoms with Crippen LogP contribution in [0.15, 0.2) is 60.7 Å². The molecular weight excluding hydrogens is 354 g/mol. The Morgan fingerprint density at radius 3 is 2.43 bits per heavy atom. The van der Waals surface area contributed by atoms with Crippen LogP contribution in [0, 0.1) is 0 Å². The van der Waals surface area contributed by atoms with E-state index in [1.807, 2.05) is 81.4 Å². The van der Waals surface area contributed by atoms with Crippen molar-refractivity contribution in [2.24, 2.45) is 0 Å². The maximum absolute atomic E-state index is 12.2. The average Bonchev–Trinajstić information content (AvgIpc) is 2.64. The SMILES string of the molecule is COc1ccc2c(OCc3ccccc3)cc(NC(=O)OC(C)(C)C)cc2c1. The predicted molar refractivity (Wildman–Crippen MR) is 111 cm³/mol. The first kappa shape index (κ1) is 19.5. The molecule has 0 spiro atoms. The van der Waals surface area contributed by atoms with Crippen LogP contribution in [0.2, 0.25) is 0 Å². The van der Waals surface area contributed by atoms with Gasteiger partial charge in [-0.25, -0.2) is 4.79 Å². The zero-order valence-corrected chi connectivity index (χ0v) is 16.6. The number of benzene rings is 3. The quantitative estimate of drug-likeness (QED) is 0.611. The van der Waals surface area contributed by atoms with E-state index in [0.29, 0.717) is 18.0 Å². The minimum absolute atomic E-state index is 0.428. The number of nitrogens with one attached hydrogen (secondary N) is 1. The highest BCUT2D eigenvalue weighted by atomic mass is 16.6. The van der Waals surface area contributed by atoms with Crippen LogP contribution in [0.3, 0.4) is 0 Å². The fourth-order valence-electron chi connectivity index (χ4n) is 2.79. The molecule has 5 heteroatoms. The first-order valence-electron chi connectivity index (χ1n) is 9.12. The third-order valence-corrected chi connectivity index (χ3v) is 4.00. The topological polar surface area (TPSA) is 56.8 Å². The van der Waals surface area contributed by atoms with Crippen molar-refractivity contribution >= 4 is 22.6 Å². The lowest BCUT2D eigenvalue weighted by molar-refractivity contribution is 0.0636. The molecule has 3 aromatic carbocycles.